The maximum Gasteiger partial charge on any atom is 0.263 e. The average Bonchev–Trinajstić information content (AvgIpc) is 2.39. The fourth-order valence-electron chi connectivity index (χ4n) is 2.93. The molecule has 0 heterocycles. The Bertz CT molecular complexity index is 397. The summed E-state index contributed by atoms with van der Waals surface area (Å²) in [6, 6.07) is 6.69. The first-order valence-electron chi connectivity index (χ1n) is 7.17. The van der Waals surface area contributed by atoms with Gasteiger partial charge in [-0.15, -0.1) is 0 Å². The molecule has 2 rings (SSSR count). The van der Waals surface area contributed by atoms with Gasteiger partial charge in [-0.3, -0.25) is 0 Å². The Balaban J connectivity index is 1.83. The summed E-state index contributed by atoms with van der Waals surface area (Å²) in [4.78, 5) is 0. The van der Waals surface area contributed by atoms with Crippen molar-refractivity contribution >= 4 is 0 Å². The van der Waals surface area contributed by atoms with Crippen molar-refractivity contribution in [3.63, 3.8) is 0 Å². The minimum absolute atomic E-state index is 0.114. The standard InChI is InChI=1S/C16H23F2N/c1-16(8-3-2-4-9-16)12-19-11-13-6-5-7-14(10-13)15(17)18/h5-7,10,15,19H,2-4,8-9,11-12H2,1H3. The lowest BCUT2D eigenvalue weighted by Crippen LogP contribution is -2.33. The molecule has 3 heteroatoms. The van der Waals surface area contributed by atoms with Crippen LogP contribution in [0.5, 0.6) is 0 Å². The van der Waals surface area contributed by atoms with Crippen LogP contribution in [0.1, 0.15) is 56.6 Å². The van der Waals surface area contributed by atoms with Gasteiger partial charge in [0.2, 0.25) is 0 Å². The first-order valence-corrected chi connectivity index (χ1v) is 7.17. The summed E-state index contributed by atoms with van der Waals surface area (Å²) in [6.07, 6.45) is 4.16. The number of nitrogens with one attached hydrogen (secondary N) is 1. The summed E-state index contributed by atoms with van der Waals surface area (Å²) >= 11 is 0. The van der Waals surface area contributed by atoms with Crippen LogP contribution in [0.2, 0.25) is 0 Å². The van der Waals surface area contributed by atoms with Crippen LogP contribution in [-0.4, -0.2) is 6.54 Å². The fourth-order valence-corrected chi connectivity index (χ4v) is 2.93. The van der Waals surface area contributed by atoms with Crippen molar-refractivity contribution in [3.8, 4) is 0 Å². The van der Waals surface area contributed by atoms with E-state index in [0.29, 0.717) is 12.0 Å². The van der Waals surface area contributed by atoms with E-state index in [1.54, 1.807) is 12.1 Å². The third-order valence-electron chi connectivity index (χ3n) is 4.14. The van der Waals surface area contributed by atoms with Gasteiger partial charge < -0.3 is 5.32 Å². The lowest BCUT2D eigenvalue weighted by molar-refractivity contribution is 0.151. The monoisotopic (exact) mass is 267 g/mol. The lowest BCUT2D eigenvalue weighted by Gasteiger charge is -2.33. The predicted molar refractivity (Wildman–Crippen MR) is 74.3 cm³/mol. The molecule has 0 aliphatic heterocycles. The molecule has 0 spiro atoms. The first-order chi connectivity index (χ1) is 9.09. The summed E-state index contributed by atoms with van der Waals surface area (Å²) < 4.78 is 25.2. The van der Waals surface area contributed by atoms with Crippen LogP contribution in [-0.2, 0) is 6.54 Å². The molecule has 0 bridgehead atoms. The highest BCUT2D eigenvalue weighted by Crippen LogP contribution is 2.34. The molecule has 19 heavy (non-hydrogen) atoms. The molecule has 0 saturated heterocycles. The van der Waals surface area contributed by atoms with E-state index in [-0.39, 0.29) is 5.56 Å². The highest BCUT2D eigenvalue weighted by Gasteiger charge is 2.25. The maximum atomic E-state index is 12.6. The highest BCUT2D eigenvalue weighted by atomic mass is 19.3. The molecule has 1 aromatic rings. The molecule has 0 aromatic heterocycles. The van der Waals surface area contributed by atoms with Gasteiger partial charge in [0.25, 0.3) is 6.43 Å². The largest absolute Gasteiger partial charge is 0.312 e. The second kappa shape index (κ2) is 6.47. The molecule has 1 N–H and O–H groups in total. The van der Waals surface area contributed by atoms with Crippen molar-refractivity contribution in [1.29, 1.82) is 0 Å². The van der Waals surface area contributed by atoms with Gasteiger partial charge in [-0.2, -0.15) is 0 Å². The Hall–Kier alpha value is -0.960. The zero-order valence-electron chi connectivity index (χ0n) is 11.6. The van der Waals surface area contributed by atoms with Crippen LogP contribution in [0.15, 0.2) is 24.3 Å². The normalized spacial score (nSPS) is 18.7. The Morgan fingerprint density at radius 2 is 1.95 bits per heavy atom. The molecule has 1 aromatic carbocycles. The Labute approximate surface area is 114 Å². The Morgan fingerprint density at radius 3 is 2.63 bits per heavy atom. The topological polar surface area (TPSA) is 12.0 Å². The molecule has 1 aliphatic rings. The molecular formula is C16H23F2N. The zero-order valence-corrected chi connectivity index (χ0v) is 11.6. The number of rotatable bonds is 5. The van der Waals surface area contributed by atoms with E-state index < -0.39 is 6.43 Å². The van der Waals surface area contributed by atoms with Crippen molar-refractivity contribution in [3.05, 3.63) is 35.4 Å². The lowest BCUT2D eigenvalue weighted by atomic mass is 9.76. The number of halogens is 2. The zero-order chi connectivity index (χ0) is 13.7. The van der Waals surface area contributed by atoms with Gasteiger partial charge in [0.1, 0.15) is 0 Å². The van der Waals surface area contributed by atoms with Crippen molar-refractivity contribution in [2.45, 2.75) is 52.0 Å². The Kier molecular flexibility index (Phi) is 4.92. The van der Waals surface area contributed by atoms with Crippen molar-refractivity contribution in [2.24, 2.45) is 5.41 Å². The quantitative estimate of drug-likeness (QED) is 0.816. The summed E-state index contributed by atoms with van der Waals surface area (Å²) in [5.74, 6) is 0. The average molecular weight is 267 g/mol. The van der Waals surface area contributed by atoms with Gasteiger partial charge >= 0.3 is 0 Å². The predicted octanol–water partition coefficient (Wildman–Crippen LogP) is 4.68. The summed E-state index contributed by atoms with van der Waals surface area (Å²) in [5.41, 5.74) is 1.44. The van der Waals surface area contributed by atoms with Crippen molar-refractivity contribution in [1.82, 2.24) is 5.32 Å². The number of alkyl halides is 2. The third kappa shape index (κ3) is 4.27. The molecule has 0 unspecified atom stereocenters. The molecule has 1 fully saturated rings. The molecule has 0 radical (unpaired) electrons. The molecule has 106 valence electrons. The Morgan fingerprint density at radius 1 is 1.21 bits per heavy atom. The third-order valence-corrected chi connectivity index (χ3v) is 4.14. The van der Waals surface area contributed by atoms with Gasteiger partial charge in [-0.1, -0.05) is 44.4 Å². The minimum Gasteiger partial charge on any atom is -0.312 e. The van der Waals surface area contributed by atoms with Crippen molar-refractivity contribution < 1.29 is 8.78 Å². The van der Waals surface area contributed by atoms with Gasteiger partial charge in [0, 0.05) is 18.7 Å². The maximum absolute atomic E-state index is 12.6. The van der Waals surface area contributed by atoms with E-state index in [4.69, 9.17) is 0 Å². The van der Waals surface area contributed by atoms with E-state index in [2.05, 4.69) is 12.2 Å². The smallest absolute Gasteiger partial charge is 0.263 e. The molecule has 1 saturated carbocycles. The second-order valence-electron chi connectivity index (χ2n) is 6.02. The molecule has 0 atom stereocenters. The minimum atomic E-state index is -2.38. The summed E-state index contributed by atoms with van der Waals surface area (Å²) in [6.45, 7) is 3.98. The summed E-state index contributed by atoms with van der Waals surface area (Å²) in [5, 5.41) is 3.43. The molecule has 1 aliphatic carbocycles. The van der Waals surface area contributed by atoms with Gasteiger partial charge in [0.15, 0.2) is 0 Å². The highest BCUT2D eigenvalue weighted by molar-refractivity contribution is 5.24. The number of hydrogen-bond donors (Lipinski definition) is 1. The van der Waals surface area contributed by atoms with Gasteiger partial charge in [0.05, 0.1) is 0 Å². The molecule has 0 amide bonds. The molecule has 1 nitrogen and oxygen atoms in total. The van der Waals surface area contributed by atoms with Crippen LogP contribution in [0.4, 0.5) is 8.78 Å². The second-order valence-corrected chi connectivity index (χ2v) is 6.02. The van der Waals surface area contributed by atoms with Gasteiger partial charge in [-0.05, 0) is 29.9 Å². The van der Waals surface area contributed by atoms with Crippen molar-refractivity contribution in [2.75, 3.05) is 6.54 Å². The SMILES string of the molecule is CC1(CNCc2cccc(C(F)F)c2)CCCCC1. The fraction of sp³-hybridized carbons (Fsp3) is 0.625. The van der Waals surface area contributed by atoms with Crippen LogP contribution in [0.3, 0.4) is 0 Å². The number of hydrogen-bond acceptors (Lipinski definition) is 1. The van der Waals surface area contributed by atoms with Crippen LogP contribution in [0.25, 0.3) is 0 Å². The van der Waals surface area contributed by atoms with Crippen LogP contribution in [0, 0.1) is 5.41 Å². The summed E-state index contributed by atoms with van der Waals surface area (Å²) in [7, 11) is 0. The van der Waals surface area contributed by atoms with E-state index in [1.165, 1.54) is 38.2 Å². The molecular weight excluding hydrogens is 244 g/mol. The first kappa shape index (κ1) is 14.4. The van der Waals surface area contributed by atoms with Gasteiger partial charge in [-0.25, -0.2) is 8.78 Å². The van der Waals surface area contributed by atoms with E-state index in [9.17, 15) is 8.78 Å². The van der Waals surface area contributed by atoms with Crippen LogP contribution >= 0.6 is 0 Å². The van der Waals surface area contributed by atoms with E-state index in [1.807, 2.05) is 6.07 Å². The van der Waals surface area contributed by atoms with Crippen LogP contribution < -0.4 is 5.32 Å². The van der Waals surface area contributed by atoms with E-state index >= 15 is 0 Å². The number of benzene rings is 1. The van der Waals surface area contributed by atoms with E-state index in [0.717, 1.165) is 12.1 Å².